The summed E-state index contributed by atoms with van der Waals surface area (Å²) in [6, 6.07) is 13.0. The molecule has 0 radical (unpaired) electrons. The SMILES string of the molecule is NC(=O)c1cccc(C#Cc2cccc(C(=O)O)c2)c1. The van der Waals surface area contributed by atoms with Crippen molar-refractivity contribution in [2.45, 2.75) is 0 Å². The van der Waals surface area contributed by atoms with E-state index < -0.39 is 11.9 Å². The molecule has 20 heavy (non-hydrogen) atoms. The van der Waals surface area contributed by atoms with E-state index >= 15 is 0 Å². The number of primary amides is 1. The van der Waals surface area contributed by atoms with Crippen molar-refractivity contribution in [3.05, 3.63) is 70.8 Å². The Morgan fingerprint density at radius 2 is 1.40 bits per heavy atom. The maximum Gasteiger partial charge on any atom is 0.335 e. The predicted molar refractivity (Wildman–Crippen MR) is 74.3 cm³/mol. The minimum Gasteiger partial charge on any atom is -0.478 e. The predicted octanol–water partition coefficient (Wildman–Crippen LogP) is 1.88. The molecule has 4 nitrogen and oxygen atoms in total. The van der Waals surface area contributed by atoms with Crippen LogP contribution in [0, 0.1) is 11.8 Å². The van der Waals surface area contributed by atoms with Crippen LogP contribution in [0.25, 0.3) is 0 Å². The second-order valence-electron chi connectivity index (χ2n) is 4.08. The smallest absolute Gasteiger partial charge is 0.335 e. The summed E-state index contributed by atoms with van der Waals surface area (Å²) in [6.45, 7) is 0. The molecular weight excluding hydrogens is 254 g/mol. The van der Waals surface area contributed by atoms with Crippen molar-refractivity contribution < 1.29 is 14.7 Å². The van der Waals surface area contributed by atoms with Gasteiger partial charge in [0.2, 0.25) is 5.91 Å². The first-order valence-corrected chi connectivity index (χ1v) is 5.81. The van der Waals surface area contributed by atoms with Gasteiger partial charge in [-0.3, -0.25) is 4.79 Å². The molecule has 0 saturated heterocycles. The molecule has 98 valence electrons. The summed E-state index contributed by atoms with van der Waals surface area (Å²) in [5.41, 5.74) is 6.99. The number of carbonyl (C=O) groups is 2. The second kappa shape index (κ2) is 5.72. The Labute approximate surface area is 115 Å². The average molecular weight is 265 g/mol. The molecule has 4 heteroatoms. The topological polar surface area (TPSA) is 80.4 Å². The molecule has 0 aliphatic carbocycles. The first-order valence-electron chi connectivity index (χ1n) is 5.81. The molecule has 0 fully saturated rings. The quantitative estimate of drug-likeness (QED) is 0.813. The van der Waals surface area contributed by atoms with E-state index in [0.717, 1.165) is 0 Å². The summed E-state index contributed by atoms with van der Waals surface area (Å²) in [7, 11) is 0. The molecule has 0 unspecified atom stereocenters. The molecule has 2 aromatic rings. The van der Waals surface area contributed by atoms with E-state index in [4.69, 9.17) is 10.8 Å². The molecule has 0 aliphatic heterocycles. The molecule has 2 rings (SSSR count). The maximum absolute atomic E-state index is 11.1. The normalized spacial score (nSPS) is 9.40. The van der Waals surface area contributed by atoms with Gasteiger partial charge in [0, 0.05) is 16.7 Å². The van der Waals surface area contributed by atoms with Gasteiger partial charge in [0.25, 0.3) is 0 Å². The first-order chi connectivity index (χ1) is 9.56. The van der Waals surface area contributed by atoms with Gasteiger partial charge in [-0.1, -0.05) is 24.0 Å². The van der Waals surface area contributed by atoms with Gasteiger partial charge in [-0.15, -0.1) is 0 Å². The van der Waals surface area contributed by atoms with Gasteiger partial charge >= 0.3 is 5.97 Å². The van der Waals surface area contributed by atoms with Gasteiger partial charge in [0.05, 0.1) is 5.56 Å². The van der Waals surface area contributed by atoms with Crippen LogP contribution in [0.1, 0.15) is 31.8 Å². The van der Waals surface area contributed by atoms with Crippen molar-refractivity contribution >= 4 is 11.9 Å². The van der Waals surface area contributed by atoms with Crippen LogP contribution >= 0.6 is 0 Å². The molecule has 0 spiro atoms. The fraction of sp³-hybridized carbons (Fsp3) is 0. The zero-order valence-electron chi connectivity index (χ0n) is 10.5. The minimum absolute atomic E-state index is 0.183. The van der Waals surface area contributed by atoms with Crippen molar-refractivity contribution in [1.82, 2.24) is 0 Å². The van der Waals surface area contributed by atoms with Crippen molar-refractivity contribution in [1.29, 1.82) is 0 Å². The van der Waals surface area contributed by atoms with Gasteiger partial charge in [-0.05, 0) is 36.4 Å². The van der Waals surface area contributed by atoms with E-state index in [0.29, 0.717) is 16.7 Å². The Morgan fingerprint density at radius 1 is 0.900 bits per heavy atom. The Bertz CT molecular complexity index is 677. The monoisotopic (exact) mass is 265 g/mol. The van der Waals surface area contributed by atoms with E-state index in [2.05, 4.69) is 11.8 Å². The number of aromatic carboxylic acids is 1. The van der Waals surface area contributed by atoms with E-state index in [9.17, 15) is 9.59 Å². The third-order valence-electron chi connectivity index (χ3n) is 2.61. The Balaban J connectivity index is 2.31. The number of amides is 1. The van der Waals surface area contributed by atoms with Crippen LogP contribution in [-0.4, -0.2) is 17.0 Å². The molecule has 0 aromatic heterocycles. The first kappa shape index (κ1) is 13.4. The maximum atomic E-state index is 11.1. The molecule has 0 bridgehead atoms. The van der Waals surface area contributed by atoms with Gasteiger partial charge in [-0.2, -0.15) is 0 Å². The Hall–Kier alpha value is -3.06. The Morgan fingerprint density at radius 3 is 1.90 bits per heavy atom. The van der Waals surface area contributed by atoms with Crippen LogP contribution in [0.3, 0.4) is 0 Å². The van der Waals surface area contributed by atoms with Crippen LogP contribution in [0.4, 0.5) is 0 Å². The van der Waals surface area contributed by atoms with Crippen LogP contribution in [0.5, 0.6) is 0 Å². The highest BCUT2D eigenvalue weighted by molar-refractivity contribution is 5.93. The molecular formula is C16H11NO3. The number of benzene rings is 2. The largest absolute Gasteiger partial charge is 0.478 e. The van der Waals surface area contributed by atoms with E-state index in [1.165, 1.54) is 12.1 Å². The number of carboxylic acids is 1. The van der Waals surface area contributed by atoms with Crippen LogP contribution in [0.2, 0.25) is 0 Å². The lowest BCUT2D eigenvalue weighted by atomic mass is 10.1. The zero-order chi connectivity index (χ0) is 14.5. The number of hydrogen-bond donors (Lipinski definition) is 2. The lowest BCUT2D eigenvalue weighted by Gasteiger charge is -1.96. The molecule has 3 N–H and O–H groups in total. The van der Waals surface area contributed by atoms with Crippen molar-refractivity contribution in [2.24, 2.45) is 5.73 Å². The van der Waals surface area contributed by atoms with E-state index in [1.54, 1.807) is 36.4 Å². The summed E-state index contributed by atoms with van der Waals surface area (Å²) in [5, 5.41) is 8.89. The summed E-state index contributed by atoms with van der Waals surface area (Å²) in [5.74, 6) is 4.22. The standard InChI is InChI=1S/C16H11NO3/c17-15(18)13-5-1-3-11(9-13)7-8-12-4-2-6-14(10-12)16(19)20/h1-6,9-10H,(H2,17,18)(H,19,20). The van der Waals surface area contributed by atoms with E-state index in [-0.39, 0.29) is 5.56 Å². The molecule has 0 aliphatic rings. The highest BCUT2D eigenvalue weighted by atomic mass is 16.4. The third kappa shape index (κ3) is 3.24. The number of carbonyl (C=O) groups excluding carboxylic acids is 1. The fourth-order valence-corrected chi connectivity index (χ4v) is 1.62. The third-order valence-corrected chi connectivity index (χ3v) is 2.61. The fourth-order valence-electron chi connectivity index (χ4n) is 1.62. The van der Waals surface area contributed by atoms with Crippen molar-refractivity contribution in [2.75, 3.05) is 0 Å². The van der Waals surface area contributed by atoms with Crippen molar-refractivity contribution in [3.63, 3.8) is 0 Å². The summed E-state index contributed by atoms with van der Waals surface area (Å²) in [6.07, 6.45) is 0. The molecule has 0 saturated carbocycles. The summed E-state index contributed by atoms with van der Waals surface area (Å²) >= 11 is 0. The number of carboxylic acid groups (broad SMARTS) is 1. The molecule has 0 heterocycles. The summed E-state index contributed by atoms with van der Waals surface area (Å²) in [4.78, 5) is 21.9. The van der Waals surface area contributed by atoms with Gasteiger partial charge in [0.15, 0.2) is 0 Å². The number of nitrogens with two attached hydrogens (primary N) is 1. The second-order valence-corrected chi connectivity index (χ2v) is 4.08. The van der Waals surface area contributed by atoms with Gasteiger partial charge in [0.1, 0.15) is 0 Å². The molecule has 0 atom stereocenters. The lowest BCUT2D eigenvalue weighted by molar-refractivity contribution is 0.0696. The highest BCUT2D eigenvalue weighted by Crippen LogP contribution is 2.06. The zero-order valence-corrected chi connectivity index (χ0v) is 10.5. The minimum atomic E-state index is -0.996. The molecule has 1 amide bonds. The number of hydrogen-bond acceptors (Lipinski definition) is 2. The van der Waals surface area contributed by atoms with Crippen LogP contribution < -0.4 is 5.73 Å². The Kier molecular flexibility index (Phi) is 3.82. The summed E-state index contributed by atoms with van der Waals surface area (Å²) < 4.78 is 0. The number of rotatable bonds is 2. The van der Waals surface area contributed by atoms with E-state index in [1.807, 2.05) is 0 Å². The lowest BCUT2D eigenvalue weighted by Crippen LogP contribution is -2.10. The van der Waals surface area contributed by atoms with Crippen LogP contribution in [-0.2, 0) is 0 Å². The van der Waals surface area contributed by atoms with Crippen molar-refractivity contribution in [3.8, 4) is 11.8 Å². The van der Waals surface area contributed by atoms with Gasteiger partial charge in [-0.25, -0.2) is 4.79 Å². The van der Waals surface area contributed by atoms with Crippen LogP contribution in [0.15, 0.2) is 48.5 Å². The average Bonchev–Trinajstić information content (AvgIpc) is 2.45. The van der Waals surface area contributed by atoms with Gasteiger partial charge < -0.3 is 10.8 Å². The highest BCUT2D eigenvalue weighted by Gasteiger charge is 2.02. The molecule has 2 aromatic carbocycles.